The largest absolute Gasteiger partial charge is 0.427 e. The molecule has 3 rings (SSSR count). The Morgan fingerprint density at radius 2 is 1.91 bits per heavy atom. The van der Waals surface area contributed by atoms with E-state index in [9.17, 15) is 4.79 Å². The van der Waals surface area contributed by atoms with Crippen LogP contribution in [-0.4, -0.2) is 16.1 Å². The third-order valence-electron chi connectivity index (χ3n) is 2.85. The Labute approximate surface area is 135 Å². The molecule has 110 valence electrons. The number of hydrogen-bond donors (Lipinski definition) is 0. The molecule has 0 aliphatic heterocycles. The van der Waals surface area contributed by atoms with Gasteiger partial charge in [-0.05, 0) is 30.3 Å². The van der Waals surface area contributed by atoms with E-state index >= 15 is 0 Å². The Morgan fingerprint density at radius 1 is 1.14 bits per heavy atom. The summed E-state index contributed by atoms with van der Waals surface area (Å²) in [5.74, 6) is 0.919. The minimum Gasteiger partial charge on any atom is -0.427 e. The summed E-state index contributed by atoms with van der Waals surface area (Å²) in [6.45, 7) is 1.35. The number of carbonyl (C=O) groups excluding carboxylic acids is 1. The summed E-state index contributed by atoms with van der Waals surface area (Å²) in [4.78, 5) is 15.4. The fourth-order valence-electron chi connectivity index (χ4n) is 1.94. The van der Waals surface area contributed by atoms with Crippen LogP contribution in [0.2, 0.25) is 0 Å². The third-order valence-corrected chi connectivity index (χ3v) is 3.34. The molecule has 0 unspecified atom stereocenters. The molecular formula is C16H11BrN2O3. The Bertz CT molecular complexity index is 830. The molecule has 0 aliphatic carbocycles. The van der Waals surface area contributed by atoms with Crippen LogP contribution in [0.3, 0.4) is 0 Å². The summed E-state index contributed by atoms with van der Waals surface area (Å²) in [5.41, 5.74) is 1.54. The number of halogens is 1. The van der Waals surface area contributed by atoms with Crippen molar-refractivity contribution in [3.63, 3.8) is 0 Å². The van der Waals surface area contributed by atoms with E-state index in [1.165, 1.54) is 6.92 Å². The number of hydrogen-bond acceptors (Lipinski definition) is 5. The molecule has 0 saturated heterocycles. The van der Waals surface area contributed by atoms with Gasteiger partial charge in [-0.25, -0.2) is 0 Å². The molecule has 1 heterocycles. The monoisotopic (exact) mass is 358 g/mol. The van der Waals surface area contributed by atoms with Crippen molar-refractivity contribution in [1.29, 1.82) is 0 Å². The van der Waals surface area contributed by atoms with Gasteiger partial charge in [0.25, 0.3) is 5.89 Å². The van der Waals surface area contributed by atoms with Gasteiger partial charge in [0.15, 0.2) is 0 Å². The van der Waals surface area contributed by atoms with Crippen molar-refractivity contribution in [2.24, 2.45) is 0 Å². The van der Waals surface area contributed by atoms with Crippen LogP contribution in [0.1, 0.15) is 6.92 Å². The van der Waals surface area contributed by atoms with Gasteiger partial charge >= 0.3 is 5.97 Å². The van der Waals surface area contributed by atoms with Crippen LogP contribution >= 0.6 is 15.9 Å². The van der Waals surface area contributed by atoms with Crippen molar-refractivity contribution in [2.45, 2.75) is 6.92 Å². The van der Waals surface area contributed by atoms with Crippen LogP contribution in [0, 0.1) is 0 Å². The highest BCUT2D eigenvalue weighted by molar-refractivity contribution is 9.10. The quantitative estimate of drug-likeness (QED) is 0.521. The van der Waals surface area contributed by atoms with Crippen LogP contribution in [0.4, 0.5) is 0 Å². The van der Waals surface area contributed by atoms with Crippen LogP contribution in [0.15, 0.2) is 57.5 Å². The zero-order chi connectivity index (χ0) is 15.5. The van der Waals surface area contributed by atoms with Gasteiger partial charge in [-0.15, -0.1) is 0 Å². The van der Waals surface area contributed by atoms with Crippen LogP contribution in [0.25, 0.3) is 22.8 Å². The molecule has 0 fully saturated rings. The van der Waals surface area contributed by atoms with Crippen LogP contribution < -0.4 is 4.74 Å². The van der Waals surface area contributed by atoms with E-state index in [1.807, 2.05) is 30.3 Å². The first-order valence-corrected chi connectivity index (χ1v) is 7.29. The molecule has 0 atom stereocenters. The summed E-state index contributed by atoms with van der Waals surface area (Å²) in [5, 5.41) is 3.98. The second kappa shape index (κ2) is 6.11. The molecule has 6 heteroatoms. The summed E-state index contributed by atoms with van der Waals surface area (Å²) in [7, 11) is 0. The SMILES string of the molecule is CC(=O)Oc1cccc(-c2nc(-c3cccc(Br)c3)no2)c1. The predicted octanol–water partition coefficient (Wildman–Crippen LogP) is 4.09. The first kappa shape index (κ1) is 14.5. The van der Waals surface area contributed by atoms with Gasteiger partial charge in [0.05, 0.1) is 0 Å². The van der Waals surface area contributed by atoms with E-state index < -0.39 is 0 Å². The van der Waals surface area contributed by atoms with Crippen molar-refractivity contribution >= 4 is 21.9 Å². The highest BCUT2D eigenvalue weighted by atomic mass is 79.9. The van der Waals surface area contributed by atoms with E-state index in [-0.39, 0.29) is 5.97 Å². The Morgan fingerprint density at radius 3 is 2.68 bits per heavy atom. The number of rotatable bonds is 3. The van der Waals surface area contributed by atoms with E-state index in [2.05, 4.69) is 26.1 Å². The lowest BCUT2D eigenvalue weighted by atomic mass is 10.2. The fourth-order valence-corrected chi connectivity index (χ4v) is 2.34. The van der Waals surface area contributed by atoms with E-state index in [1.54, 1.807) is 18.2 Å². The molecule has 5 nitrogen and oxygen atoms in total. The maximum atomic E-state index is 11.0. The molecule has 0 radical (unpaired) electrons. The van der Waals surface area contributed by atoms with Crippen molar-refractivity contribution in [2.75, 3.05) is 0 Å². The number of aromatic nitrogens is 2. The lowest BCUT2D eigenvalue weighted by Gasteiger charge is -2.01. The molecule has 2 aromatic carbocycles. The summed E-state index contributed by atoms with van der Waals surface area (Å²) >= 11 is 3.41. The number of carbonyl (C=O) groups is 1. The highest BCUT2D eigenvalue weighted by Crippen LogP contribution is 2.26. The highest BCUT2D eigenvalue weighted by Gasteiger charge is 2.12. The van der Waals surface area contributed by atoms with Gasteiger partial charge in [0, 0.05) is 22.5 Å². The van der Waals surface area contributed by atoms with E-state index in [0.29, 0.717) is 23.0 Å². The van der Waals surface area contributed by atoms with Crippen molar-refractivity contribution < 1.29 is 14.1 Å². The zero-order valence-corrected chi connectivity index (χ0v) is 13.2. The topological polar surface area (TPSA) is 65.2 Å². The maximum Gasteiger partial charge on any atom is 0.308 e. The van der Waals surface area contributed by atoms with E-state index in [0.717, 1.165) is 10.0 Å². The lowest BCUT2D eigenvalue weighted by Crippen LogP contribution is -2.01. The van der Waals surface area contributed by atoms with Crippen molar-refractivity contribution in [3.8, 4) is 28.6 Å². The second-order valence-corrected chi connectivity index (χ2v) is 5.47. The summed E-state index contributed by atoms with van der Waals surface area (Å²) < 4.78 is 11.3. The molecule has 0 N–H and O–H groups in total. The summed E-state index contributed by atoms with van der Waals surface area (Å²) in [6, 6.07) is 14.6. The zero-order valence-electron chi connectivity index (χ0n) is 11.6. The second-order valence-electron chi connectivity index (χ2n) is 4.55. The van der Waals surface area contributed by atoms with Gasteiger partial charge in [-0.2, -0.15) is 4.98 Å². The Balaban J connectivity index is 1.92. The van der Waals surface area contributed by atoms with Crippen LogP contribution in [-0.2, 0) is 4.79 Å². The van der Waals surface area contributed by atoms with Crippen LogP contribution in [0.5, 0.6) is 5.75 Å². The normalized spacial score (nSPS) is 10.5. The Hall–Kier alpha value is -2.47. The molecule has 0 bridgehead atoms. The van der Waals surface area contributed by atoms with Crippen molar-refractivity contribution in [3.05, 3.63) is 53.0 Å². The van der Waals surface area contributed by atoms with Gasteiger partial charge in [-0.3, -0.25) is 4.79 Å². The third kappa shape index (κ3) is 3.23. The Kier molecular flexibility index (Phi) is 4.02. The van der Waals surface area contributed by atoms with Gasteiger partial charge in [-0.1, -0.05) is 39.3 Å². The minimum absolute atomic E-state index is 0.365. The molecular weight excluding hydrogens is 348 g/mol. The average Bonchev–Trinajstić information content (AvgIpc) is 2.97. The molecule has 22 heavy (non-hydrogen) atoms. The molecule has 0 spiro atoms. The predicted molar refractivity (Wildman–Crippen MR) is 84.2 cm³/mol. The standard InChI is InChI=1S/C16H11BrN2O3/c1-10(20)21-14-7-3-5-12(9-14)16-18-15(19-22-16)11-4-2-6-13(17)8-11/h2-9H,1H3. The number of ether oxygens (including phenoxy) is 1. The molecule has 0 aliphatic rings. The number of nitrogens with zero attached hydrogens (tertiary/aromatic N) is 2. The summed E-state index contributed by atoms with van der Waals surface area (Å²) in [6.07, 6.45) is 0. The van der Waals surface area contributed by atoms with Crippen molar-refractivity contribution in [1.82, 2.24) is 10.1 Å². The minimum atomic E-state index is -0.377. The molecule has 3 aromatic rings. The van der Waals surface area contributed by atoms with Gasteiger partial charge in [0.2, 0.25) is 5.82 Å². The van der Waals surface area contributed by atoms with Gasteiger partial charge in [0.1, 0.15) is 5.75 Å². The smallest absolute Gasteiger partial charge is 0.308 e. The average molecular weight is 359 g/mol. The molecule has 0 amide bonds. The first-order chi connectivity index (χ1) is 10.6. The first-order valence-electron chi connectivity index (χ1n) is 6.50. The molecule has 0 saturated carbocycles. The maximum absolute atomic E-state index is 11.0. The lowest BCUT2D eigenvalue weighted by molar-refractivity contribution is -0.131. The molecule has 1 aromatic heterocycles. The number of benzene rings is 2. The van der Waals surface area contributed by atoms with E-state index in [4.69, 9.17) is 9.26 Å². The fraction of sp³-hybridized carbons (Fsp3) is 0.0625. The van der Waals surface area contributed by atoms with Gasteiger partial charge < -0.3 is 9.26 Å². The number of esters is 1.